The van der Waals surface area contributed by atoms with E-state index in [1.54, 1.807) is 0 Å². The van der Waals surface area contributed by atoms with Crippen LogP contribution in [0, 0.1) is 11.8 Å². The number of rotatable bonds is 7. The molecule has 26 heavy (non-hydrogen) atoms. The van der Waals surface area contributed by atoms with Crippen molar-refractivity contribution in [1.82, 2.24) is 20.9 Å². The fourth-order valence-corrected chi connectivity index (χ4v) is 3.43. The summed E-state index contributed by atoms with van der Waals surface area (Å²) in [4.78, 5) is 18.8. The minimum absolute atomic E-state index is 0. The Balaban J connectivity index is 0.00000625. The Kier molecular flexibility index (Phi) is 12.5. The van der Waals surface area contributed by atoms with Gasteiger partial charge in [0.2, 0.25) is 5.91 Å². The van der Waals surface area contributed by atoms with E-state index in [1.807, 2.05) is 27.7 Å². The number of halogens is 1. The highest BCUT2D eigenvalue weighted by Crippen LogP contribution is 2.20. The lowest BCUT2D eigenvalue weighted by atomic mass is 9.92. The SMILES string of the molecule is CCNC(=NCC(=O)NC(C)(C)C)NCCCN1CC(C)CC(C)C1.I. The van der Waals surface area contributed by atoms with Crippen molar-refractivity contribution >= 4 is 35.8 Å². The smallest absolute Gasteiger partial charge is 0.242 e. The lowest BCUT2D eigenvalue weighted by Gasteiger charge is -2.35. The molecule has 1 rings (SSSR count). The molecule has 0 saturated carbocycles. The predicted molar refractivity (Wildman–Crippen MR) is 121 cm³/mol. The standard InChI is InChI=1S/C19H39N5O.HI/c1-7-20-18(22-12-17(25)23-19(4,5)6)21-9-8-10-24-13-15(2)11-16(3)14-24;/h15-16H,7-14H2,1-6H3,(H,23,25)(H2,20,21,22);1H. The molecule has 1 aliphatic rings. The van der Waals surface area contributed by atoms with Crippen LogP contribution in [0.1, 0.15) is 54.4 Å². The van der Waals surface area contributed by atoms with Crippen molar-refractivity contribution in [2.75, 3.05) is 39.3 Å². The minimum atomic E-state index is -0.221. The van der Waals surface area contributed by atoms with Crippen LogP contribution in [0.5, 0.6) is 0 Å². The first-order valence-electron chi connectivity index (χ1n) is 9.75. The molecule has 1 heterocycles. The Hall–Kier alpha value is -0.570. The molecule has 0 radical (unpaired) electrons. The number of nitrogens with one attached hydrogen (secondary N) is 3. The molecule has 0 aliphatic carbocycles. The number of nitrogens with zero attached hydrogens (tertiary/aromatic N) is 2. The second-order valence-electron chi connectivity index (χ2n) is 8.48. The molecule has 0 aromatic carbocycles. The third kappa shape index (κ3) is 11.9. The monoisotopic (exact) mass is 481 g/mol. The summed E-state index contributed by atoms with van der Waals surface area (Å²) in [6.45, 7) is 18.0. The van der Waals surface area contributed by atoms with Crippen LogP contribution in [0.4, 0.5) is 0 Å². The van der Waals surface area contributed by atoms with Gasteiger partial charge in [0.25, 0.3) is 0 Å². The maximum Gasteiger partial charge on any atom is 0.242 e. The van der Waals surface area contributed by atoms with Gasteiger partial charge in [-0.15, -0.1) is 24.0 Å². The molecule has 2 atom stereocenters. The van der Waals surface area contributed by atoms with Gasteiger partial charge in [0.1, 0.15) is 6.54 Å². The number of hydrogen-bond donors (Lipinski definition) is 3. The van der Waals surface area contributed by atoms with Crippen LogP contribution in [0.2, 0.25) is 0 Å². The molecule has 1 fully saturated rings. The van der Waals surface area contributed by atoms with Gasteiger partial charge in [0.05, 0.1) is 0 Å². The number of guanidine groups is 1. The molecule has 0 bridgehead atoms. The fraction of sp³-hybridized carbons (Fsp3) is 0.895. The fourth-order valence-electron chi connectivity index (χ4n) is 3.43. The zero-order chi connectivity index (χ0) is 18.9. The Morgan fingerprint density at radius 1 is 1.15 bits per heavy atom. The largest absolute Gasteiger partial charge is 0.357 e. The summed E-state index contributed by atoms with van der Waals surface area (Å²) in [5, 5.41) is 9.46. The van der Waals surface area contributed by atoms with Crippen LogP contribution in [-0.2, 0) is 4.79 Å². The van der Waals surface area contributed by atoms with E-state index in [0.29, 0.717) is 5.96 Å². The van der Waals surface area contributed by atoms with Gasteiger partial charge in [0.15, 0.2) is 5.96 Å². The van der Waals surface area contributed by atoms with Gasteiger partial charge in [-0.05, 0) is 58.9 Å². The first-order valence-corrected chi connectivity index (χ1v) is 9.75. The zero-order valence-electron chi connectivity index (χ0n) is 17.5. The van der Waals surface area contributed by atoms with E-state index in [9.17, 15) is 4.79 Å². The van der Waals surface area contributed by atoms with Gasteiger partial charge in [-0.1, -0.05) is 13.8 Å². The third-order valence-corrected chi connectivity index (χ3v) is 4.13. The van der Waals surface area contributed by atoms with Crippen molar-refractivity contribution in [2.45, 2.75) is 59.9 Å². The summed E-state index contributed by atoms with van der Waals surface area (Å²) in [6, 6.07) is 0. The first-order chi connectivity index (χ1) is 11.7. The molecule has 1 saturated heterocycles. The number of amides is 1. The molecular formula is C19H40IN5O. The summed E-state index contributed by atoms with van der Waals surface area (Å²) in [5.74, 6) is 2.27. The number of likely N-dealkylation sites (tertiary alicyclic amines) is 1. The molecule has 3 N–H and O–H groups in total. The van der Waals surface area contributed by atoms with Crippen molar-refractivity contribution in [3.63, 3.8) is 0 Å². The second-order valence-corrected chi connectivity index (χ2v) is 8.48. The van der Waals surface area contributed by atoms with Crippen molar-refractivity contribution in [1.29, 1.82) is 0 Å². The van der Waals surface area contributed by atoms with E-state index in [-0.39, 0.29) is 42.0 Å². The molecule has 0 spiro atoms. The average Bonchev–Trinajstić information content (AvgIpc) is 2.46. The van der Waals surface area contributed by atoms with Crippen LogP contribution >= 0.6 is 24.0 Å². The molecule has 0 aromatic heterocycles. The van der Waals surface area contributed by atoms with Crippen molar-refractivity contribution in [3.05, 3.63) is 0 Å². The van der Waals surface area contributed by atoms with Crippen LogP contribution < -0.4 is 16.0 Å². The van der Waals surface area contributed by atoms with Gasteiger partial charge < -0.3 is 20.9 Å². The van der Waals surface area contributed by atoms with E-state index < -0.39 is 0 Å². The number of aliphatic imine (C=N–C) groups is 1. The van der Waals surface area contributed by atoms with Gasteiger partial charge >= 0.3 is 0 Å². The molecule has 7 heteroatoms. The Labute approximate surface area is 177 Å². The normalized spacial score (nSPS) is 21.7. The van der Waals surface area contributed by atoms with Gasteiger partial charge in [-0.25, -0.2) is 4.99 Å². The predicted octanol–water partition coefficient (Wildman–Crippen LogP) is 2.44. The Morgan fingerprint density at radius 2 is 1.77 bits per heavy atom. The number of carbonyl (C=O) groups is 1. The van der Waals surface area contributed by atoms with Crippen LogP contribution in [-0.4, -0.2) is 61.6 Å². The lowest BCUT2D eigenvalue weighted by Crippen LogP contribution is -2.44. The number of carbonyl (C=O) groups excluding carboxylic acids is 1. The molecule has 154 valence electrons. The third-order valence-electron chi connectivity index (χ3n) is 4.13. The number of piperidine rings is 1. The summed E-state index contributed by atoms with van der Waals surface area (Å²) >= 11 is 0. The molecule has 0 aromatic rings. The van der Waals surface area contributed by atoms with E-state index >= 15 is 0 Å². The van der Waals surface area contributed by atoms with Crippen molar-refractivity contribution < 1.29 is 4.79 Å². The Morgan fingerprint density at radius 3 is 2.31 bits per heavy atom. The maximum absolute atomic E-state index is 11.9. The van der Waals surface area contributed by atoms with Gasteiger partial charge in [0, 0.05) is 31.7 Å². The van der Waals surface area contributed by atoms with E-state index in [0.717, 1.165) is 37.9 Å². The summed E-state index contributed by atoms with van der Waals surface area (Å²) < 4.78 is 0. The highest BCUT2D eigenvalue weighted by Gasteiger charge is 2.21. The Bertz CT molecular complexity index is 426. The topological polar surface area (TPSA) is 68.8 Å². The quantitative estimate of drug-likeness (QED) is 0.226. The van der Waals surface area contributed by atoms with E-state index in [4.69, 9.17) is 0 Å². The van der Waals surface area contributed by atoms with Crippen molar-refractivity contribution in [2.24, 2.45) is 16.8 Å². The van der Waals surface area contributed by atoms with Gasteiger partial charge in [-0.3, -0.25) is 4.79 Å². The number of hydrogen-bond acceptors (Lipinski definition) is 3. The highest BCUT2D eigenvalue weighted by molar-refractivity contribution is 14.0. The minimum Gasteiger partial charge on any atom is -0.357 e. The molecule has 1 aliphatic heterocycles. The maximum atomic E-state index is 11.9. The summed E-state index contributed by atoms with van der Waals surface area (Å²) in [5.41, 5.74) is -0.221. The highest BCUT2D eigenvalue weighted by atomic mass is 127. The van der Waals surface area contributed by atoms with Crippen molar-refractivity contribution in [3.8, 4) is 0 Å². The van der Waals surface area contributed by atoms with E-state index in [1.165, 1.54) is 19.5 Å². The summed E-state index contributed by atoms with van der Waals surface area (Å²) in [6.07, 6.45) is 2.43. The lowest BCUT2D eigenvalue weighted by molar-refractivity contribution is -0.121. The van der Waals surface area contributed by atoms with Gasteiger partial charge in [-0.2, -0.15) is 0 Å². The molecular weight excluding hydrogens is 441 g/mol. The van der Waals surface area contributed by atoms with Crippen LogP contribution in [0.15, 0.2) is 4.99 Å². The first kappa shape index (κ1) is 25.4. The molecule has 6 nitrogen and oxygen atoms in total. The van der Waals surface area contributed by atoms with Crippen LogP contribution in [0.25, 0.3) is 0 Å². The molecule has 2 unspecified atom stereocenters. The second kappa shape index (κ2) is 12.8. The molecule has 1 amide bonds. The van der Waals surface area contributed by atoms with Crippen LogP contribution in [0.3, 0.4) is 0 Å². The van der Waals surface area contributed by atoms with E-state index in [2.05, 4.69) is 39.7 Å². The summed E-state index contributed by atoms with van der Waals surface area (Å²) in [7, 11) is 0. The zero-order valence-corrected chi connectivity index (χ0v) is 19.9. The average molecular weight is 481 g/mol.